The van der Waals surface area contributed by atoms with Crippen molar-refractivity contribution in [3.63, 3.8) is 0 Å². The predicted molar refractivity (Wildman–Crippen MR) is 80.2 cm³/mol. The topological polar surface area (TPSA) is 50.0 Å². The first-order chi connectivity index (χ1) is 9.60. The third kappa shape index (κ3) is 3.71. The highest BCUT2D eigenvalue weighted by Gasteiger charge is 2.08. The van der Waals surface area contributed by atoms with Crippen LogP contribution < -0.4 is 5.32 Å². The zero-order valence-electron chi connectivity index (χ0n) is 12.5. The van der Waals surface area contributed by atoms with Crippen LogP contribution in [0.3, 0.4) is 0 Å². The Morgan fingerprint density at radius 1 is 1.10 bits per heavy atom. The number of aliphatic hydroxyl groups is 1. The van der Waals surface area contributed by atoms with E-state index >= 15 is 0 Å². The molecule has 3 heteroatoms. The third-order valence-electron chi connectivity index (χ3n) is 3.70. The van der Waals surface area contributed by atoms with Crippen molar-refractivity contribution in [2.75, 3.05) is 0 Å². The lowest BCUT2D eigenvalue weighted by Gasteiger charge is -2.06. The Balaban J connectivity index is 2.04. The van der Waals surface area contributed by atoms with Crippen LogP contribution in [0.25, 0.3) is 11.3 Å². The van der Waals surface area contributed by atoms with Crippen molar-refractivity contribution in [2.24, 2.45) is 0 Å². The molecule has 0 aliphatic rings. The second-order valence-corrected chi connectivity index (χ2v) is 5.39. The Kier molecular flexibility index (Phi) is 4.99. The smallest absolute Gasteiger partial charge is 0.158 e. The Bertz CT molecular complexity index is 528. The highest BCUT2D eigenvalue weighted by Crippen LogP contribution is 2.23. The van der Waals surface area contributed by atoms with E-state index in [0.29, 0.717) is 6.04 Å². The van der Waals surface area contributed by atoms with Crippen LogP contribution in [0.5, 0.6) is 0 Å². The first-order valence-corrected chi connectivity index (χ1v) is 7.30. The molecule has 1 heterocycles. The van der Waals surface area contributed by atoms with Gasteiger partial charge in [0.25, 0.3) is 0 Å². The third-order valence-corrected chi connectivity index (χ3v) is 3.70. The highest BCUT2D eigenvalue weighted by atomic mass is 16.3. The maximum atomic E-state index is 9.51. The van der Waals surface area contributed by atoms with E-state index in [1.807, 2.05) is 36.4 Å². The van der Waals surface area contributed by atoms with Crippen LogP contribution in [-0.2, 0) is 6.54 Å². The summed E-state index contributed by atoms with van der Waals surface area (Å²) in [5.74, 6) is 1.88. The summed E-state index contributed by atoms with van der Waals surface area (Å²) in [4.78, 5) is 0. The van der Waals surface area contributed by atoms with Crippen LogP contribution in [0.15, 0.2) is 40.8 Å². The molecule has 0 fully saturated rings. The van der Waals surface area contributed by atoms with Gasteiger partial charge in [0.2, 0.25) is 0 Å². The number of nitrogens with two attached hydrogens (primary N) is 1. The minimum atomic E-state index is -0.429. The van der Waals surface area contributed by atoms with Gasteiger partial charge in [-0.15, -0.1) is 0 Å². The zero-order valence-corrected chi connectivity index (χ0v) is 12.5. The van der Waals surface area contributed by atoms with E-state index in [-0.39, 0.29) is 0 Å². The minimum Gasteiger partial charge on any atom is -0.455 e. The van der Waals surface area contributed by atoms with Gasteiger partial charge in [0.1, 0.15) is 12.3 Å². The lowest BCUT2D eigenvalue weighted by Crippen LogP contribution is -2.87. The molecule has 2 rings (SSSR count). The molecule has 1 aromatic carbocycles. The van der Waals surface area contributed by atoms with Crippen LogP contribution in [0.4, 0.5) is 0 Å². The fourth-order valence-electron chi connectivity index (χ4n) is 2.05. The quantitative estimate of drug-likeness (QED) is 0.851. The molecule has 0 unspecified atom stereocenters. The van der Waals surface area contributed by atoms with Crippen LogP contribution >= 0.6 is 0 Å². The first-order valence-electron chi connectivity index (χ1n) is 7.30. The van der Waals surface area contributed by atoms with Crippen molar-refractivity contribution in [3.8, 4) is 11.3 Å². The maximum Gasteiger partial charge on any atom is 0.158 e. The zero-order chi connectivity index (χ0) is 14.5. The van der Waals surface area contributed by atoms with Gasteiger partial charge in [0.05, 0.1) is 12.1 Å². The van der Waals surface area contributed by atoms with E-state index < -0.39 is 6.10 Å². The maximum absolute atomic E-state index is 9.51. The van der Waals surface area contributed by atoms with Gasteiger partial charge in [-0.1, -0.05) is 31.2 Å². The second-order valence-electron chi connectivity index (χ2n) is 5.39. The van der Waals surface area contributed by atoms with E-state index in [9.17, 15) is 5.11 Å². The van der Waals surface area contributed by atoms with E-state index in [4.69, 9.17) is 4.42 Å². The normalized spacial score (nSPS) is 14.2. The van der Waals surface area contributed by atoms with Crippen molar-refractivity contribution < 1.29 is 14.8 Å². The molecule has 0 aliphatic carbocycles. The molecular formula is C17H24NO2+. The fourth-order valence-corrected chi connectivity index (χ4v) is 2.05. The number of rotatable bonds is 6. The van der Waals surface area contributed by atoms with Crippen LogP contribution in [-0.4, -0.2) is 11.1 Å². The number of furan rings is 1. The SMILES string of the molecule is CC[C@H](C)[NH2+]Cc1ccc(-c2ccc([C@H](C)O)cc2)o1. The van der Waals surface area contributed by atoms with Crippen molar-refractivity contribution >= 4 is 0 Å². The molecular weight excluding hydrogens is 250 g/mol. The fraction of sp³-hybridized carbons (Fsp3) is 0.412. The van der Waals surface area contributed by atoms with Gasteiger partial charge in [-0.05, 0) is 38.0 Å². The Morgan fingerprint density at radius 2 is 1.80 bits per heavy atom. The molecule has 108 valence electrons. The minimum absolute atomic E-state index is 0.429. The summed E-state index contributed by atoms with van der Waals surface area (Å²) in [5.41, 5.74) is 1.97. The molecule has 0 saturated heterocycles. The van der Waals surface area contributed by atoms with Gasteiger partial charge in [-0.3, -0.25) is 0 Å². The molecule has 3 N–H and O–H groups in total. The highest BCUT2D eigenvalue weighted by molar-refractivity contribution is 5.58. The Labute approximate surface area is 120 Å². The van der Waals surface area contributed by atoms with Crippen molar-refractivity contribution in [1.82, 2.24) is 0 Å². The molecule has 20 heavy (non-hydrogen) atoms. The van der Waals surface area contributed by atoms with Crippen LogP contribution in [0, 0.1) is 0 Å². The first kappa shape index (κ1) is 14.8. The second kappa shape index (κ2) is 6.73. The summed E-state index contributed by atoms with van der Waals surface area (Å²) in [7, 11) is 0. The Morgan fingerprint density at radius 3 is 2.40 bits per heavy atom. The summed E-state index contributed by atoms with van der Waals surface area (Å²) in [6.45, 7) is 7.06. The number of hydrogen-bond acceptors (Lipinski definition) is 2. The molecule has 0 spiro atoms. The van der Waals surface area contributed by atoms with E-state index in [1.165, 1.54) is 0 Å². The number of aliphatic hydroxyl groups excluding tert-OH is 1. The molecule has 2 atom stereocenters. The summed E-state index contributed by atoms with van der Waals surface area (Å²) < 4.78 is 5.87. The van der Waals surface area contributed by atoms with Crippen molar-refractivity contribution in [1.29, 1.82) is 0 Å². The Hall–Kier alpha value is -1.58. The molecule has 0 bridgehead atoms. The van der Waals surface area contributed by atoms with Crippen molar-refractivity contribution in [2.45, 2.75) is 45.9 Å². The van der Waals surface area contributed by atoms with Gasteiger partial charge in [0, 0.05) is 5.56 Å². The van der Waals surface area contributed by atoms with Gasteiger partial charge in [-0.25, -0.2) is 0 Å². The monoisotopic (exact) mass is 274 g/mol. The largest absolute Gasteiger partial charge is 0.455 e. The number of hydrogen-bond donors (Lipinski definition) is 2. The average Bonchev–Trinajstić information content (AvgIpc) is 2.93. The van der Waals surface area contributed by atoms with Gasteiger partial charge < -0.3 is 14.8 Å². The summed E-state index contributed by atoms with van der Waals surface area (Å²) in [5, 5.41) is 11.8. The molecule has 0 aliphatic heterocycles. The molecule has 3 nitrogen and oxygen atoms in total. The summed E-state index contributed by atoms with van der Waals surface area (Å²) in [6, 6.07) is 12.5. The van der Waals surface area contributed by atoms with Crippen LogP contribution in [0.2, 0.25) is 0 Å². The standard InChI is InChI=1S/C17H23NO2/c1-4-12(2)18-11-16-9-10-17(20-16)15-7-5-14(6-8-15)13(3)19/h5-10,12-13,18-19H,4,11H2,1-3H3/p+1/t12-,13-/m0/s1. The van der Waals surface area contributed by atoms with E-state index in [0.717, 1.165) is 35.6 Å². The van der Waals surface area contributed by atoms with E-state index in [1.54, 1.807) is 6.92 Å². The molecule has 0 radical (unpaired) electrons. The van der Waals surface area contributed by atoms with Crippen molar-refractivity contribution in [3.05, 3.63) is 47.7 Å². The molecule has 2 aromatic rings. The summed E-state index contributed by atoms with van der Waals surface area (Å²) in [6.07, 6.45) is 0.732. The number of benzene rings is 1. The lowest BCUT2D eigenvalue weighted by molar-refractivity contribution is -0.703. The van der Waals surface area contributed by atoms with Gasteiger partial charge in [-0.2, -0.15) is 0 Å². The van der Waals surface area contributed by atoms with Crippen LogP contribution in [0.1, 0.15) is 44.6 Å². The van der Waals surface area contributed by atoms with E-state index in [2.05, 4.69) is 19.2 Å². The average molecular weight is 274 g/mol. The molecule has 1 aromatic heterocycles. The summed E-state index contributed by atoms with van der Waals surface area (Å²) >= 11 is 0. The predicted octanol–water partition coefficient (Wildman–Crippen LogP) is 2.86. The molecule has 0 amide bonds. The number of quaternary nitrogens is 1. The lowest BCUT2D eigenvalue weighted by atomic mass is 10.1. The van der Waals surface area contributed by atoms with Gasteiger partial charge in [0.15, 0.2) is 5.76 Å². The molecule has 0 saturated carbocycles. The van der Waals surface area contributed by atoms with Gasteiger partial charge >= 0.3 is 0 Å².